The van der Waals surface area contributed by atoms with E-state index in [1.807, 2.05) is 13.0 Å². The molecule has 10 heteroatoms. The van der Waals surface area contributed by atoms with Crippen molar-refractivity contribution in [3.63, 3.8) is 0 Å². The minimum absolute atomic E-state index is 0.000962. The van der Waals surface area contributed by atoms with E-state index in [2.05, 4.69) is 26.0 Å². The van der Waals surface area contributed by atoms with Gasteiger partial charge in [0, 0.05) is 4.47 Å². The van der Waals surface area contributed by atoms with Crippen LogP contribution in [0, 0.1) is 6.92 Å². The Hall–Kier alpha value is -2.43. The average Bonchev–Trinajstić information content (AvgIpc) is 2.65. The smallest absolute Gasteiger partial charge is 0.321 e. The van der Waals surface area contributed by atoms with Gasteiger partial charge in [-0.2, -0.15) is 4.72 Å². The van der Waals surface area contributed by atoms with Gasteiger partial charge in [0.25, 0.3) is 5.91 Å². The molecule has 0 aliphatic carbocycles. The van der Waals surface area contributed by atoms with Crippen LogP contribution in [0.3, 0.4) is 0 Å². The number of methoxy groups -OCH3 is 1. The van der Waals surface area contributed by atoms with Crippen molar-refractivity contribution in [2.75, 3.05) is 25.6 Å². The topological polar surface area (TPSA) is 111 Å². The number of carbonyl (C=O) groups is 2. The maximum Gasteiger partial charge on any atom is 0.321 e. The van der Waals surface area contributed by atoms with E-state index in [-0.39, 0.29) is 4.90 Å². The van der Waals surface area contributed by atoms with Crippen molar-refractivity contribution in [1.29, 1.82) is 0 Å². The Labute approximate surface area is 171 Å². The van der Waals surface area contributed by atoms with Gasteiger partial charge in [0.15, 0.2) is 6.61 Å². The maximum atomic E-state index is 12.1. The predicted octanol–water partition coefficient (Wildman–Crippen LogP) is 2.23. The number of esters is 1. The van der Waals surface area contributed by atoms with Gasteiger partial charge < -0.3 is 14.8 Å². The van der Waals surface area contributed by atoms with E-state index in [9.17, 15) is 18.0 Å². The fourth-order valence-corrected chi connectivity index (χ4v) is 3.74. The third-order valence-electron chi connectivity index (χ3n) is 3.51. The first-order valence-electron chi connectivity index (χ1n) is 8.06. The predicted molar refractivity (Wildman–Crippen MR) is 107 cm³/mol. The molecule has 0 aliphatic heterocycles. The quantitative estimate of drug-likeness (QED) is 0.572. The minimum Gasteiger partial charge on any atom is -0.495 e. The van der Waals surface area contributed by atoms with Crippen LogP contribution in [0.2, 0.25) is 0 Å². The van der Waals surface area contributed by atoms with Gasteiger partial charge in [0.05, 0.1) is 17.7 Å². The maximum absolute atomic E-state index is 12.1. The number of anilines is 1. The molecule has 0 radical (unpaired) electrons. The van der Waals surface area contributed by atoms with Gasteiger partial charge in [-0.05, 0) is 42.8 Å². The van der Waals surface area contributed by atoms with E-state index in [0.29, 0.717) is 15.9 Å². The van der Waals surface area contributed by atoms with Crippen LogP contribution in [-0.2, 0) is 24.3 Å². The third kappa shape index (κ3) is 6.32. The summed E-state index contributed by atoms with van der Waals surface area (Å²) in [6.07, 6.45) is 0. The number of hydrogen-bond donors (Lipinski definition) is 2. The van der Waals surface area contributed by atoms with Gasteiger partial charge in [-0.3, -0.25) is 9.59 Å². The summed E-state index contributed by atoms with van der Waals surface area (Å²) in [6.45, 7) is 0.691. The molecule has 0 fully saturated rings. The van der Waals surface area contributed by atoms with E-state index in [0.717, 1.165) is 5.56 Å². The summed E-state index contributed by atoms with van der Waals surface area (Å²) >= 11 is 3.18. The number of aryl methyl sites for hydroxylation is 1. The van der Waals surface area contributed by atoms with Crippen molar-refractivity contribution in [1.82, 2.24) is 4.72 Å². The van der Waals surface area contributed by atoms with Crippen molar-refractivity contribution in [2.24, 2.45) is 0 Å². The molecule has 0 aromatic heterocycles. The van der Waals surface area contributed by atoms with Crippen LogP contribution < -0.4 is 14.8 Å². The molecule has 0 atom stereocenters. The molecule has 2 aromatic rings. The number of sulfonamides is 1. The summed E-state index contributed by atoms with van der Waals surface area (Å²) in [7, 11) is -2.41. The van der Waals surface area contributed by atoms with Gasteiger partial charge in [-0.1, -0.05) is 28.1 Å². The summed E-state index contributed by atoms with van der Waals surface area (Å²) in [5.74, 6) is -0.996. The number of benzene rings is 2. The van der Waals surface area contributed by atoms with Gasteiger partial charge in [0.1, 0.15) is 12.3 Å². The van der Waals surface area contributed by atoms with Crippen molar-refractivity contribution in [3.05, 3.63) is 52.5 Å². The molecular weight excluding hydrogens is 452 g/mol. The van der Waals surface area contributed by atoms with E-state index in [4.69, 9.17) is 9.47 Å². The number of carbonyl (C=O) groups excluding carboxylic acids is 2. The van der Waals surface area contributed by atoms with Crippen LogP contribution in [0.4, 0.5) is 5.69 Å². The molecular formula is C18H19BrN2O6S. The van der Waals surface area contributed by atoms with Crippen molar-refractivity contribution in [3.8, 4) is 5.75 Å². The second-order valence-electron chi connectivity index (χ2n) is 5.69. The highest BCUT2D eigenvalue weighted by Gasteiger charge is 2.17. The van der Waals surface area contributed by atoms with Crippen LogP contribution in [0.1, 0.15) is 5.56 Å². The first-order chi connectivity index (χ1) is 13.2. The molecule has 0 bridgehead atoms. The highest BCUT2D eigenvalue weighted by atomic mass is 79.9. The van der Waals surface area contributed by atoms with Crippen LogP contribution in [0.15, 0.2) is 51.8 Å². The molecule has 2 rings (SSSR count). The number of ether oxygens (including phenoxy) is 2. The molecule has 0 aliphatic rings. The molecule has 1 amide bonds. The van der Waals surface area contributed by atoms with Crippen molar-refractivity contribution >= 4 is 43.5 Å². The molecule has 0 saturated heterocycles. The second kappa shape index (κ2) is 9.67. The zero-order chi connectivity index (χ0) is 20.7. The molecule has 2 N–H and O–H groups in total. The highest BCUT2D eigenvalue weighted by molar-refractivity contribution is 9.10. The fraction of sp³-hybridized carbons (Fsp3) is 0.222. The largest absolute Gasteiger partial charge is 0.495 e. The van der Waals surface area contributed by atoms with Gasteiger partial charge in [-0.25, -0.2) is 8.42 Å². The summed E-state index contributed by atoms with van der Waals surface area (Å²) in [6, 6.07) is 11.3. The summed E-state index contributed by atoms with van der Waals surface area (Å²) < 4.78 is 36.9. The number of rotatable bonds is 8. The lowest BCUT2D eigenvalue weighted by Crippen LogP contribution is -2.32. The Bertz CT molecular complexity index is 978. The Morgan fingerprint density at radius 1 is 1.14 bits per heavy atom. The number of hydrogen-bond acceptors (Lipinski definition) is 6. The highest BCUT2D eigenvalue weighted by Crippen LogP contribution is 2.25. The number of amides is 1. The first kappa shape index (κ1) is 21.9. The second-order valence-corrected chi connectivity index (χ2v) is 8.38. The molecule has 28 heavy (non-hydrogen) atoms. The SMILES string of the molecule is COc1ccc(C)cc1NC(=O)COC(=O)CNS(=O)(=O)c1cccc(Br)c1. The number of nitrogens with one attached hydrogen (secondary N) is 2. The molecule has 8 nitrogen and oxygen atoms in total. The molecule has 2 aromatic carbocycles. The standard InChI is InChI=1S/C18H19BrN2O6S/c1-12-6-7-16(26-2)15(8-12)21-17(22)11-27-18(23)10-20-28(24,25)14-5-3-4-13(19)9-14/h3-9,20H,10-11H2,1-2H3,(H,21,22). The zero-order valence-electron chi connectivity index (χ0n) is 15.2. The van der Waals surface area contributed by atoms with Crippen LogP contribution in [0.25, 0.3) is 0 Å². The van der Waals surface area contributed by atoms with E-state index >= 15 is 0 Å². The third-order valence-corrected chi connectivity index (χ3v) is 5.40. The van der Waals surface area contributed by atoms with Crippen molar-refractivity contribution < 1.29 is 27.5 Å². The van der Waals surface area contributed by atoms with E-state index < -0.39 is 35.1 Å². The zero-order valence-corrected chi connectivity index (χ0v) is 17.6. The summed E-state index contributed by atoms with van der Waals surface area (Å²) in [5, 5.41) is 2.58. The lowest BCUT2D eigenvalue weighted by molar-refractivity contribution is -0.146. The molecule has 0 heterocycles. The Balaban J connectivity index is 1.85. The Morgan fingerprint density at radius 3 is 2.57 bits per heavy atom. The minimum atomic E-state index is -3.88. The lowest BCUT2D eigenvalue weighted by Gasteiger charge is -2.11. The van der Waals surface area contributed by atoms with Gasteiger partial charge in [0.2, 0.25) is 10.0 Å². The molecule has 0 saturated carbocycles. The normalized spacial score (nSPS) is 11.0. The lowest BCUT2D eigenvalue weighted by atomic mass is 10.2. The molecule has 0 unspecified atom stereocenters. The fourth-order valence-electron chi connectivity index (χ4n) is 2.17. The Kier molecular flexibility index (Phi) is 7.55. The van der Waals surface area contributed by atoms with Crippen LogP contribution in [-0.4, -0.2) is 40.6 Å². The van der Waals surface area contributed by atoms with Gasteiger partial charge >= 0.3 is 5.97 Å². The van der Waals surface area contributed by atoms with Gasteiger partial charge in [-0.15, -0.1) is 0 Å². The van der Waals surface area contributed by atoms with E-state index in [1.165, 1.54) is 19.2 Å². The van der Waals surface area contributed by atoms with Crippen molar-refractivity contribution in [2.45, 2.75) is 11.8 Å². The monoisotopic (exact) mass is 470 g/mol. The first-order valence-corrected chi connectivity index (χ1v) is 10.3. The summed E-state index contributed by atoms with van der Waals surface area (Å²) in [5.41, 5.74) is 1.36. The van der Waals surface area contributed by atoms with E-state index in [1.54, 1.807) is 24.3 Å². The molecule has 0 spiro atoms. The average molecular weight is 471 g/mol. The Morgan fingerprint density at radius 2 is 1.89 bits per heavy atom. The number of halogens is 1. The summed E-state index contributed by atoms with van der Waals surface area (Å²) in [4.78, 5) is 23.7. The van der Waals surface area contributed by atoms with Crippen LogP contribution in [0.5, 0.6) is 5.75 Å². The molecule has 150 valence electrons. The van der Waals surface area contributed by atoms with Crippen LogP contribution >= 0.6 is 15.9 Å².